The van der Waals surface area contributed by atoms with E-state index in [1.165, 1.54) is 6.42 Å². The zero-order chi connectivity index (χ0) is 18.5. The zero-order valence-corrected chi connectivity index (χ0v) is 15.5. The molecule has 0 unspecified atom stereocenters. The number of pyridine rings is 1. The van der Waals surface area contributed by atoms with Gasteiger partial charge < -0.3 is 14.5 Å². The number of aromatic nitrogens is 1. The molecule has 6 heteroatoms. The first-order valence-electron chi connectivity index (χ1n) is 9.23. The van der Waals surface area contributed by atoms with Crippen molar-refractivity contribution in [2.45, 2.75) is 25.8 Å². The molecule has 3 heterocycles. The number of piperidine rings is 1. The van der Waals surface area contributed by atoms with Gasteiger partial charge in [0.05, 0.1) is 10.9 Å². The molecule has 138 valence electrons. The fraction of sp³-hybridized carbons (Fsp3) is 0.286. The number of H-pyrrole nitrogens is 1. The Balaban J connectivity index is 1.81. The van der Waals surface area contributed by atoms with Crippen molar-refractivity contribution in [3.05, 3.63) is 51.3 Å². The van der Waals surface area contributed by atoms with Crippen LogP contribution in [0.1, 0.15) is 24.8 Å². The van der Waals surface area contributed by atoms with Crippen LogP contribution in [-0.2, 0) is 6.54 Å². The van der Waals surface area contributed by atoms with Crippen LogP contribution in [0.3, 0.4) is 0 Å². The summed E-state index contributed by atoms with van der Waals surface area (Å²) < 4.78 is 6.08. The maximum atomic E-state index is 12.9. The molecule has 0 amide bonds. The molecular weight excluding hydrogens is 364 g/mol. The third-order valence-corrected chi connectivity index (χ3v) is 5.71. The Bertz CT molecular complexity index is 1240. The minimum Gasteiger partial charge on any atom is -0.508 e. The number of phenols is 1. The first-order valence-corrected chi connectivity index (χ1v) is 9.60. The lowest BCUT2D eigenvalue weighted by Gasteiger charge is -2.26. The number of nitrogens with one attached hydrogen (secondary N) is 1. The summed E-state index contributed by atoms with van der Waals surface area (Å²) >= 11 is 6.06. The van der Waals surface area contributed by atoms with Crippen molar-refractivity contribution in [2.24, 2.45) is 0 Å². The number of benzene rings is 2. The number of aromatic amines is 1. The summed E-state index contributed by atoms with van der Waals surface area (Å²) in [4.78, 5) is 18.1. The third-order valence-electron chi connectivity index (χ3n) is 5.47. The number of fused-ring (bicyclic) bond motifs is 5. The maximum absolute atomic E-state index is 12.9. The Labute approximate surface area is 160 Å². The number of hydrogen-bond acceptors (Lipinski definition) is 4. The molecule has 2 aromatic heterocycles. The van der Waals surface area contributed by atoms with Crippen LogP contribution < -0.4 is 5.56 Å². The largest absolute Gasteiger partial charge is 0.508 e. The monoisotopic (exact) mass is 382 g/mol. The van der Waals surface area contributed by atoms with Crippen LogP contribution in [0.4, 0.5) is 0 Å². The summed E-state index contributed by atoms with van der Waals surface area (Å²) in [5.74, 6) is 0.200. The molecule has 0 atom stereocenters. The molecule has 5 nitrogen and oxygen atoms in total. The van der Waals surface area contributed by atoms with Gasteiger partial charge >= 0.3 is 0 Å². The smallest absolute Gasteiger partial charge is 0.260 e. The predicted molar refractivity (Wildman–Crippen MR) is 108 cm³/mol. The first kappa shape index (κ1) is 16.7. The molecule has 1 aliphatic rings. The molecule has 0 bridgehead atoms. The summed E-state index contributed by atoms with van der Waals surface area (Å²) in [6.07, 6.45) is 3.57. The lowest BCUT2D eigenvalue weighted by atomic mass is 10.0. The Morgan fingerprint density at radius 3 is 2.74 bits per heavy atom. The molecule has 0 aliphatic carbocycles. The van der Waals surface area contributed by atoms with E-state index in [0.29, 0.717) is 39.0 Å². The Morgan fingerprint density at radius 1 is 1.11 bits per heavy atom. The summed E-state index contributed by atoms with van der Waals surface area (Å²) in [6.45, 7) is 2.61. The van der Waals surface area contributed by atoms with Crippen LogP contribution in [0.2, 0.25) is 5.02 Å². The van der Waals surface area contributed by atoms with E-state index < -0.39 is 0 Å². The molecule has 27 heavy (non-hydrogen) atoms. The van der Waals surface area contributed by atoms with Crippen molar-refractivity contribution in [1.29, 1.82) is 0 Å². The molecule has 2 aromatic carbocycles. The number of furan rings is 1. The molecule has 5 rings (SSSR count). The minimum absolute atomic E-state index is 0.200. The van der Waals surface area contributed by atoms with Gasteiger partial charge in [-0.2, -0.15) is 0 Å². The van der Waals surface area contributed by atoms with Gasteiger partial charge in [-0.15, -0.1) is 0 Å². The number of likely N-dealkylation sites (tertiary alicyclic amines) is 1. The van der Waals surface area contributed by atoms with Crippen LogP contribution in [0, 0.1) is 0 Å². The van der Waals surface area contributed by atoms with Crippen molar-refractivity contribution < 1.29 is 9.52 Å². The summed E-state index contributed by atoms with van der Waals surface area (Å²) in [6, 6.07) is 8.73. The predicted octanol–water partition coefficient (Wildman–Crippen LogP) is 4.77. The SMILES string of the molecule is O=c1[nH]c2cc(Cl)ccc2c2oc3ccc(O)c(CN4CCCCC4)c3c12. The van der Waals surface area contributed by atoms with Crippen molar-refractivity contribution >= 4 is 44.4 Å². The van der Waals surface area contributed by atoms with Gasteiger partial charge in [-0.1, -0.05) is 18.0 Å². The van der Waals surface area contributed by atoms with Crippen molar-refractivity contribution in [1.82, 2.24) is 9.88 Å². The van der Waals surface area contributed by atoms with Crippen molar-refractivity contribution in [3.8, 4) is 5.75 Å². The van der Waals surface area contributed by atoms with Crippen LogP contribution in [0.15, 0.2) is 39.5 Å². The van der Waals surface area contributed by atoms with E-state index in [1.54, 1.807) is 24.3 Å². The number of aromatic hydroxyl groups is 1. The fourth-order valence-corrected chi connectivity index (χ4v) is 4.33. The highest BCUT2D eigenvalue weighted by Gasteiger charge is 2.21. The average Bonchev–Trinajstić information content (AvgIpc) is 3.05. The Morgan fingerprint density at radius 2 is 1.93 bits per heavy atom. The molecule has 0 spiro atoms. The molecule has 1 saturated heterocycles. The number of phenolic OH excluding ortho intramolecular Hbond substituents is 1. The van der Waals surface area contributed by atoms with Gasteiger partial charge in [0.2, 0.25) is 0 Å². The highest BCUT2D eigenvalue weighted by molar-refractivity contribution is 6.31. The van der Waals surface area contributed by atoms with E-state index in [9.17, 15) is 9.90 Å². The van der Waals surface area contributed by atoms with Gasteiger partial charge in [0.25, 0.3) is 5.56 Å². The molecule has 1 aliphatic heterocycles. The standard InChI is InChI=1S/C21H19ClN2O3/c22-12-4-5-13-15(10-12)23-21(26)19-18-14(11-24-8-2-1-3-9-24)16(25)6-7-17(18)27-20(13)19/h4-7,10,25H,1-3,8-9,11H2,(H,23,26). The van der Waals surface area contributed by atoms with Crippen LogP contribution >= 0.6 is 11.6 Å². The topological polar surface area (TPSA) is 69.5 Å². The van der Waals surface area contributed by atoms with E-state index in [4.69, 9.17) is 16.0 Å². The second kappa shape index (κ2) is 6.29. The number of rotatable bonds is 2. The second-order valence-electron chi connectivity index (χ2n) is 7.22. The van der Waals surface area contributed by atoms with Gasteiger partial charge in [0.15, 0.2) is 0 Å². The van der Waals surface area contributed by atoms with E-state index in [0.717, 1.165) is 36.9 Å². The quantitative estimate of drug-likeness (QED) is 0.523. The molecule has 2 N–H and O–H groups in total. The fourth-order valence-electron chi connectivity index (χ4n) is 4.16. The average molecular weight is 383 g/mol. The van der Waals surface area contributed by atoms with Gasteiger partial charge in [0.1, 0.15) is 16.9 Å². The van der Waals surface area contributed by atoms with Crippen LogP contribution in [0.25, 0.3) is 32.8 Å². The maximum Gasteiger partial charge on any atom is 0.260 e. The first-order chi connectivity index (χ1) is 13.1. The highest BCUT2D eigenvalue weighted by Crippen LogP contribution is 2.37. The van der Waals surface area contributed by atoms with Crippen molar-refractivity contribution in [3.63, 3.8) is 0 Å². The molecule has 1 fully saturated rings. The number of nitrogens with zero attached hydrogens (tertiary/aromatic N) is 1. The van der Waals surface area contributed by atoms with Gasteiger partial charge in [0, 0.05) is 27.9 Å². The van der Waals surface area contributed by atoms with E-state index in [1.807, 2.05) is 6.07 Å². The third kappa shape index (κ3) is 2.69. The minimum atomic E-state index is -0.232. The lowest BCUT2D eigenvalue weighted by molar-refractivity contribution is 0.219. The van der Waals surface area contributed by atoms with Gasteiger partial charge in [-0.05, 0) is 56.3 Å². The molecular formula is C21H19ClN2O3. The number of hydrogen-bond donors (Lipinski definition) is 2. The second-order valence-corrected chi connectivity index (χ2v) is 7.66. The summed E-state index contributed by atoms with van der Waals surface area (Å²) in [7, 11) is 0. The van der Waals surface area contributed by atoms with E-state index in [-0.39, 0.29) is 11.3 Å². The van der Waals surface area contributed by atoms with Gasteiger partial charge in [-0.3, -0.25) is 9.69 Å². The zero-order valence-electron chi connectivity index (χ0n) is 14.7. The number of halogens is 1. The Kier molecular flexibility index (Phi) is 3.88. The molecule has 4 aromatic rings. The van der Waals surface area contributed by atoms with E-state index >= 15 is 0 Å². The van der Waals surface area contributed by atoms with Gasteiger partial charge in [-0.25, -0.2) is 0 Å². The highest BCUT2D eigenvalue weighted by atomic mass is 35.5. The summed E-state index contributed by atoms with van der Waals surface area (Å²) in [5, 5.41) is 13.1. The Hall–Kier alpha value is -2.50. The normalized spacial score (nSPS) is 15.9. The van der Waals surface area contributed by atoms with Crippen molar-refractivity contribution in [2.75, 3.05) is 13.1 Å². The lowest BCUT2D eigenvalue weighted by Crippen LogP contribution is -2.29. The molecule has 0 radical (unpaired) electrons. The summed E-state index contributed by atoms with van der Waals surface area (Å²) in [5.41, 5.74) is 2.31. The van der Waals surface area contributed by atoms with E-state index in [2.05, 4.69) is 9.88 Å². The van der Waals surface area contributed by atoms with Crippen LogP contribution in [0.5, 0.6) is 5.75 Å². The molecule has 0 saturated carbocycles. The van der Waals surface area contributed by atoms with Crippen LogP contribution in [-0.4, -0.2) is 28.1 Å².